The molecule has 0 aliphatic heterocycles. The molecule has 1 aromatic heterocycles. The third-order valence-corrected chi connectivity index (χ3v) is 3.98. The van der Waals surface area contributed by atoms with Crippen LogP contribution in [0.1, 0.15) is 52.0 Å². The van der Waals surface area contributed by atoms with E-state index in [9.17, 15) is 9.59 Å². The SMILES string of the molecule is CCCC(OC1(C=O)C=CC(C)=C(CC)C1=O)c1ncccn1. The maximum atomic E-state index is 12.8. The molecule has 1 aliphatic rings. The van der Waals surface area contributed by atoms with Crippen LogP contribution in [0.4, 0.5) is 0 Å². The number of carbonyl (C=O) groups excluding carboxylic acids is 2. The molecule has 0 radical (unpaired) electrons. The summed E-state index contributed by atoms with van der Waals surface area (Å²) in [6, 6.07) is 1.72. The lowest BCUT2D eigenvalue weighted by Gasteiger charge is -2.31. The topological polar surface area (TPSA) is 69.2 Å². The Morgan fingerprint density at radius 2 is 2.00 bits per heavy atom. The molecule has 0 amide bonds. The maximum absolute atomic E-state index is 12.8. The molecule has 2 atom stereocenters. The smallest absolute Gasteiger partial charge is 0.204 e. The first kappa shape index (κ1) is 17.2. The van der Waals surface area contributed by atoms with Crippen LogP contribution < -0.4 is 0 Å². The summed E-state index contributed by atoms with van der Waals surface area (Å²) >= 11 is 0. The van der Waals surface area contributed by atoms with Gasteiger partial charge in [-0.15, -0.1) is 0 Å². The van der Waals surface area contributed by atoms with Crippen LogP contribution in [0, 0.1) is 0 Å². The number of ketones is 1. The van der Waals surface area contributed by atoms with Crippen LogP contribution in [0.15, 0.2) is 41.8 Å². The van der Waals surface area contributed by atoms with E-state index < -0.39 is 11.7 Å². The summed E-state index contributed by atoms with van der Waals surface area (Å²) in [5.74, 6) is 0.202. The molecule has 0 aromatic carbocycles. The molecule has 1 aromatic rings. The van der Waals surface area contributed by atoms with Crippen LogP contribution in [0.2, 0.25) is 0 Å². The molecule has 1 aliphatic carbocycles. The highest BCUT2D eigenvalue weighted by atomic mass is 16.5. The zero-order valence-corrected chi connectivity index (χ0v) is 13.8. The Morgan fingerprint density at radius 1 is 1.30 bits per heavy atom. The number of aromatic nitrogens is 2. The van der Waals surface area contributed by atoms with E-state index in [1.807, 2.05) is 20.8 Å². The van der Waals surface area contributed by atoms with E-state index in [1.165, 1.54) is 0 Å². The van der Waals surface area contributed by atoms with Gasteiger partial charge in [0, 0.05) is 18.0 Å². The van der Waals surface area contributed by atoms with Crippen LogP contribution in [-0.4, -0.2) is 27.6 Å². The molecule has 2 unspecified atom stereocenters. The lowest BCUT2D eigenvalue weighted by Crippen LogP contribution is -2.45. The first-order valence-electron chi connectivity index (χ1n) is 7.92. The molecule has 23 heavy (non-hydrogen) atoms. The second-order valence-electron chi connectivity index (χ2n) is 5.59. The molecular weight excluding hydrogens is 292 g/mol. The maximum Gasteiger partial charge on any atom is 0.204 e. The molecule has 122 valence electrons. The highest BCUT2D eigenvalue weighted by molar-refractivity contribution is 6.14. The summed E-state index contributed by atoms with van der Waals surface area (Å²) in [4.78, 5) is 33.0. The fourth-order valence-electron chi connectivity index (χ4n) is 2.71. The number of aldehydes is 1. The highest BCUT2D eigenvalue weighted by Gasteiger charge is 2.43. The van der Waals surface area contributed by atoms with Gasteiger partial charge in [-0.1, -0.05) is 26.3 Å². The Bertz CT molecular complexity index is 637. The van der Waals surface area contributed by atoms with Crippen LogP contribution >= 0.6 is 0 Å². The molecular formula is C18H22N2O3. The molecule has 1 heterocycles. The minimum absolute atomic E-state index is 0.285. The zero-order chi connectivity index (χ0) is 16.9. The van der Waals surface area contributed by atoms with Gasteiger partial charge in [-0.25, -0.2) is 9.97 Å². The summed E-state index contributed by atoms with van der Waals surface area (Å²) < 4.78 is 5.98. The predicted octanol–water partition coefficient (Wildman–Crippen LogP) is 3.14. The van der Waals surface area contributed by atoms with Gasteiger partial charge in [0.05, 0.1) is 0 Å². The van der Waals surface area contributed by atoms with Crippen molar-refractivity contribution in [2.24, 2.45) is 0 Å². The van der Waals surface area contributed by atoms with E-state index >= 15 is 0 Å². The summed E-state index contributed by atoms with van der Waals surface area (Å²) in [6.07, 6.45) is 8.68. The standard InChI is InChI=1S/C18H22N2O3/c1-4-7-15(17-19-10-6-11-20-17)23-18(12-21)9-8-13(3)14(5-2)16(18)22/h6,8-12,15H,4-5,7H2,1-3H3. The Kier molecular flexibility index (Phi) is 5.55. The summed E-state index contributed by atoms with van der Waals surface area (Å²) in [5, 5.41) is 0. The van der Waals surface area contributed by atoms with Crippen molar-refractivity contribution in [1.29, 1.82) is 0 Å². The average molecular weight is 314 g/mol. The van der Waals surface area contributed by atoms with Crippen molar-refractivity contribution in [3.05, 3.63) is 47.6 Å². The summed E-state index contributed by atoms with van der Waals surface area (Å²) in [7, 11) is 0. The largest absolute Gasteiger partial charge is 0.344 e. The van der Waals surface area contributed by atoms with Crippen LogP contribution in [0.3, 0.4) is 0 Å². The van der Waals surface area contributed by atoms with Gasteiger partial charge in [-0.2, -0.15) is 0 Å². The average Bonchev–Trinajstić information content (AvgIpc) is 2.58. The van der Waals surface area contributed by atoms with Gasteiger partial charge in [-0.3, -0.25) is 9.59 Å². The summed E-state index contributed by atoms with van der Waals surface area (Å²) in [6.45, 7) is 5.77. The van der Waals surface area contributed by atoms with Crippen molar-refractivity contribution in [2.75, 3.05) is 0 Å². The van der Waals surface area contributed by atoms with E-state index in [4.69, 9.17) is 4.74 Å². The third-order valence-electron chi connectivity index (χ3n) is 3.98. The van der Waals surface area contributed by atoms with Gasteiger partial charge in [0.15, 0.2) is 12.1 Å². The van der Waals surface area contributed by atoms with Crippen molar-refractivity contribution in [3.63, 3.8) is 0 Å². The first-order valence-corrected chi connectivity index (χ1v) is 7.92. The van der Waals surface area contributed by atoms with Gasteiger partial charge in [0.25, 0.3) is 0 Å². The zero-order valence-electron chi connectivity index (χ0n) is 13.8. The van der Waals surface area contributed by atoms with Crippen molar-refractivity contribution in [2.45, 2.75) is 51.7 Å². The third kappa shape index (κ3) is 3.45. The minimum Gasteiger partial charge on any atom is -0.344 e. The van der Waals surface area contributed by atoms with Gasteiger partial charge >= 0.3 is 0 Å². The number of nitrogens with zero attached hydrogens (tertiary/aromatic N) is 2. The number of allylic oxidation sites excluding steroid dienone is 2. The number of hydrogen-bond donors (Lipinski definition) is 0. The number of carbonyl (C=O) groups is 2. The lowest BCUT2D eigenvalue weighted by atomic mass is 9.84. The van der Waals surface area contributed by atoms with Gasteiger partial charge in [-0.05, 0) is 37.5 Å². The quantitative estimate of drug-likeness (QED) is 0.571. The van der Waals surface area contributed by atoms with E-state index in [2.05, 4.69) is 9.97 Å². The molecule has 2 rings (SSSR count). The Hall–Kier alpha value is -2.14. The van der Waals surface area contributed by atoms with E-state index in [0.717, 1.165) is 12.0 Å². The molecule has 0 spiro atoms. The monoisotopic (exact) mass is 314 g/mol. The second-order valence-corrected chi connectivity index (χ2v) is 5.59. The molecule has 0 N–H and O–H groups in total. The molecule has 5 heteroatoms. The van der Waals surface area contributed by atoms with Crippen molar-refractivity contribution >= 4 is 12.1 Å². The van der Waals surface area contributed by atoms with Crippen LogP contribution in [0.5, 0.6) is 0 Å². The molecule has 5 nitrogen and oxygen atoms in total. The molecule has 0 saturated heterocycles. The lowest BCUT2D eigenvalue weighted by molar-refractivity contribution is -0.150. The Morgan fingerprint density at radius 3 is 2.57 bits per heavy atom. The van der Waals surface area contributed by atoms with Gasteiger partial charge < -0.3 is 4.74 Å². The highest BCUT2D eigenvalue weighted by Crippen LogP contribution is 2.33. The Balaban J connectivity index is 2.35. The number of rotatable bonds is 7. The van der Waals surface area contributed by atoms with Gasteiger partial charge in [0.2, 0.25) is 11.4 Å². The van der Waals surface area contributed by atoms with E-state index in [0.29, 0.717) is 30.5 Å². The van der Waals surface area contributed by atoms with Crippen LogP contribution in [0.25, 0.3) is 0 Å². The predicted molar refractivity (Wildman–Crippen MR) is 86.7 cm³/mol. The summed E-state index contributed by atoms with van der Waals surface area (Å²) in [5.41, 5.74) is -0.0745. The molecule has 0 fully saturated rings. The van der Waals surface area contributed by atoms with Crippen molar-refractivity contribution < 1.29 is 14.3 Å². The normalized spacial score (nSPS) is 22.3. The Labute approximate surface area is 136 Å². The minimum atomic E-state index is -1.58. The number of ether oxygens (including phenoxy) is 1. The van der Waals surface area contributed by atoms with Crippen molar-refractivity contribution in [1.82, 2.24) is 9.97 Å². The fraction of sp³-hybridized carbons (Fsp3) is 0.444. The number of Topliss-reactive ketones (excluding diaryl/α,β-unsaturated/α-hetero) is 1. The van der Waals surface area contributed by atoms with Gasteiger partial charge in [0.1, 0.15) is 6.10 Å². The van der Waals surface area contributed by atoms with Crippen LogP contribution in [-0.2, 0) is 14.3 Å². The fourth-order valence-corrected chi connectivity index (χ4v) is 2.71. The van der Waals surface area contributed by atoms with E-state index in [1.54, 1.807) is 30.6 Å². The molecule has 0 saturated carbocycles. The second kappa shape index (κ2) is 7.42. The number of hydrogen-bond acceptors (Lipinski definition) is 5. The van der Waals surface area contributed by atoms with Crippen molar-refractivity contribution in [3.8, 4) is 0 Å². The molecule has 0 bridgehead atoms. The first-order chi connectivity index (χ1) is 11.1. The van der Waals surface area contributed by atoms with E-state index in [-0.39, 0.29) is 5.78 Å².